The van der Waals surface area contributed by atoms with Gasteiger partial charge in [-0.1, -0.05) is 30.0 Å². The highest BCUT2D eigenvalue weighted by Crippen LogP contribution is 2.20. The standard InChI is InChI=1S/C18H15N3O2S/c22-16(19-11-4-7-14-5-2-1-3-6-14)8-9-17-20-21-18(23-17)15-10-12-24-13-15/h1-3,5-6,10,12-13H,8-9,11H2,(H,19,22). The summed E-state index contributed by atoms with van der Waals surface area (Å²) in [6.07, 6.45) is 0.702. The number of aryl methyl sites for hydroxylation is 1. The second-order valence-corrected chi connectivity index (χ2v) is 5.74. The molecule has 2 aromatic heterocycles. The first kappa shape index (κ1) is 16.0. The summed E-state index contributed by atoms with van der Waals surface area (Å²) in [6.45, 7) is 0.317. The first-order valence-corrected chi connectivity index (χ1v) is 8.41. The SMILES string of the molecule is O=C(CCc1nnc(-c2ccsc2)o1)NCC#Cc1ccccc1. The molecule has 3 rings (SSSR count). The van der Waals surface area contributed by atoms with Crippen LogP contribution in [-0.4, -0.2) is 22.6 Å². The summed E-state index contributed by atoms with van der Waals surface area (Å²) in [5, 5.41) is 14.6. The average molecular weight is 337 g/mol. The molecule has 1 amide bonds. The van der Waals surface area contributed by atoms with Crippen molar-refractivity contribution < 1.29 is 9.21 Å². The third kappa shape index (κ3) is 4.54. The molecule has 0 saturated heterocycles. The smallest absolute Gasteiger partial charge is 0.248 e. The van der Waals surface area contributed by atoms with Gasteiger partial charge in [-0.2, -0.15) is 11.3 Å². The van der Waals surface area contributed by atoms with E-state index in [2.05, 4.69) is 27.4 Å². The van der Waals surface area contributed by atoms with Crippen LogP contribution in [0.2, 0.25) is 0 Å². The van der Waals surface area contributed by atoms with Gasteiger partial charge in [0.2, 0.25) is 17.7 Å². The van der Waals surface area contributed by atoms with Crippen molar-refractivity contribution in [2.75, 3.05) is 6.54 Å². The normalized spacial score (nSPS) is 10.0. The lowest BCUT2D eigenvalue weighted by molar-refractivity contribution is -0.120. The van der Waals surface area contributed by atoms with Crippen molar-refractivity contribution in [2.45, 2.75) is 12.8 Å². The van der Waals surface area contributed by atoms with Crippen molar-refractivity contribution in [3.05, 3.63) is 58.6 Å². The molecule has 0 bridgehead atoms. The lowest BCUT2D eigenvalue weighted by Crippen LogP contribution is -2.23. The summed E-state index contributed by atoms with van der Waals surface area (Å²) in [5.41, 5.74) is 1.83. The zero-order chi connectivity index (χ0) is 16.6. The summed E-state index contributed by atoms with van der Waals surface area (Å²) in [7, 11) is 0. The Bertz CT molecular complexity index is 845. The van der Waals surface area contributed by atoms with E-state index in [0.717, 1.165) is 11.1 Å². The zero-order valence-corrected chi connectivity index (χ0v) is 13.7. The molecule has 0 spiro atoms. The van der Waals surface area contributed by atoms with E-state index in [1.165, 1.54) is 0 Å². The summed E-state index contributed by atoms with van der Waals surface area (Å²) in [4.78, 5) is 11.8. The first-order valence-electron chi connectivity index (χ1n) is 7.47. The van der Waals surface area contributed by atoms with Crippen molar-refractivity contribution in [3.63, 3.8) is 0 Å². The third-order valence-electron chi connectivity index (χ3n) is 3.18. The van der Waals surface area contributed by atoms with Crippen molar-refractivity contribution in [1.29, 1.82) is 0 Å². The van der Waals surface area contributed by atoms with E-state index >= 15 is 0 Å². The quantitative estimate of drug-likeness (QED) is 0.727. The number of amides is 1. The Kier molecular flexibility index (Phi) is 5.38. The monoisotopic (exact) mass is 337 g/mol. The topological polar surface area (TPSA) is 68.0 Å². The molecule has 0 saturated carbocycles. The van der Waals surface area contributed by atoms with Crippen LogP contribution in [0.1, 0.15) is 17.9 Å². The summed E-state index contributed by atoms with van der Waals surface area (Å²) >= 11 is 1.57. The molecule has 0 aliphatic heterocycles. The molecule has 0 aliphatic rings. The number of benzene rings is 1. The predicted octanol–water partition coefficient (Wildman–Crippen LogP) is 2.90. The van der Waals surface area contributed by atoms with Gasteiger partial charge >= 0.3 is 0 Å². The third-order valence-corrected chi connectivity index (χ3v) is 3.86. The van der Waals surface area contributed by atoms with Crippen LogP contribution in [0.15, 0.2) is 51.6 Å². The van der Waals surface area contributed by atoms with Crippen LogP contribution in [0.4, 0.5) is 0 Å². The van der Waals surface area contributed by atoms with Crippen LogP contribution in [-0.2, 0) is 11.2 Å². The van der Waals surface area contributed by atoms with Crippen molar-refractivity contribution in [1.82, 2.24) is 15.5 Å². The van der Waals surface area contributed by atoms with Gasteiger partial charge in [-0.25, -0.2) is 0 Å². The number of carbonyl (C=O) groups excluding carboxylic acids is 1. The number of aromatic nitrogens is 2. The number of nitrogens with one attached hydrogen (secondary N) is 1. The number of hydrogen-bond donors (Lipinski definition) is 1. The van der Waals surface area contributed by atoms with Gasteiger partial charge in [-0.05, 0) is 23.6 Å². The van der Waals surface area contributed by atoms with Gasteiger partial charge in [0.25, 0.3) is 0 Å². The fraction of sp³-hybridized carbons (Fsp3) is 0.167. The molecular weight excluding hydrogens is 322 g/mol. The molecule has 0 aliphatic carbocycles. The van der Waals surface area contributed by atoms with E-state index in [-0.39, 0.29) is 12.3 Å². The van der Waals surface area contributed by atoms with Crippen LogP contribution >= 0.6 is 11.3 Å². The van der Waals surface area contributed by atoms with Crippen LogP contribution in [0.3, 0.4) is 0 Å². The van der Waals surface area contributed by atoms with Crippen LogP contribution < -0.4 is 5.32 Å². The summed E-state index contributed by atoms with van der Waals surface area (Å²) in [6, 6.07) is 11.6. The summed E-state index contributed by atoms with van der Waals surface area (Å²) in [5.74, 6) is 6.77. The maximum absolute atomic E-state index is 11.8. The molecule has 0 fully saturated rings. The molecule has 1 aromatic carbocycles. The number of rotatable bonds is 5. The first-order chi connectivity index (χ1) is 11.8. The fourth-order valence-corrected chi connectivity index (χ4v) is 2.61. The largest absolute Gasteiger partial charge is 0.421 e. The molecule has 24 heavy (non-hydrogen) atoms. The Labute approximate surface area is 143 Å². The molecule has 6 heteroatoms. The highest BCUT2D eigenvalue weighted by molar-refractivity contribution is 7.08. The minimum absolute atomic E-state index is 0.0901. The number of hydrogen-bond acceptors (Lipinski definition) is 5. The lowest BCUT2D eigenvalue weighted by atomic mass is 10.2. The van der Waals surface area contributed by atoms with Gasteiger partial charge in [0.05, 0.1) is 6.54 Å². The van der Waals surface area contributed by atoms with Crippen molar-refractivity contribution in [2.24, 2.45) is 0 Å². The second-order valence-electron chi connectivity index (χ2n) is 4.96. The molecule has 0 atom stereocenters. The van der Waals surface area contributed by atoms with Crippen LogP contribution in [0, 0.1) is 11.8 Å². The van der Waals surface area contributed by atoms with E-state index in [1.54, 1.807) is 11.3 Å². The summed E-state index contributed by atoms with van der Waals surface area (Å²) < 4.78 is 5.54. The Hall–Kier alpha value is -2.91. The average Bonchev–Trinajstić information content (AvgIpc) is 3.29. The van der Waals surface area contributed by atoms with E-state index in [9.17, 15) is 4.79 Å². The van der Waals surface area contributed by atoms with Crippen molar-refractivity contribution >= 4 is 17.2 Å². The van der Waals surface area contributed by atoms with Gasteiger partial charge in [0.1, 0.15) is 0 Å². The van der Waals surface area contributed by atoms with Crippen LogP contribution in [0.25, 0.3) is 11.5 Å². The molecule has 1 N–H and O–H groups in total. The van der Waals surface area contributed by atoms with Crippen molar-refractivity contribution in [3.8, 4) is 23.3 Å². The van der Waals surface area contributed by atoms with E-state index in [1.807, 2.05) is 47.2 Å². The van der Waals surface area contributed by atoms with Gasteiger partial charge < -0.3 is 9.73 Å². The van der Waals surface area contributed by atoms with Gasteiger partial charge in [-0.3, -0.25) is 4.79 Å². The minimum Gasteiger partial charge on any atom is -0.421 e. The van der Waals surface area contributed by atoms with E-state index < -0.39 is 0 Å². The Morgan fingerprint density at radius 2 is 2.08 bits per heavy atom. The Morgan fingerprint density at radius 3 is 2.88 bits per heavy atom. The molecule has 2 heterocycles. The zero-order valence-electron chi connectivity index (χ0n) is 12.9. The molecule has 120 valence electrons. The number of thiophene rings is 1. The van der Waals surface area contributed by atoms with E-state index in [0.29, 0.717) is 24.7 Å². The number of nitrogens with zero attached hydrogens (tertiary/aromatic N) is 2. The van der Waals surface area contributed by atoms with E-state index in [4.69, 9.17) is 4.42 Å². The second kappa shape index (κ2) is 8.09. The predicted molar refractivity (Wildman–Crippen MR) is 92.3 cm³/mol. The molecule has 0 radical (unpaired) electrons. The Balaban J connectivity index is 1.42. The molecular formula is C18H15N3O2S. The van der Waals surface area contributed by atoms with Gasteiger partial charge in [0.15, 0.2) is 0 Å². The highest BCUT2D eigenvalue weighted by Gasteiger charge is 2.10. The molecule has 5 nitrogen and oxygen atoms in total. The maximum atomic E-state index is 11.8. The maximum Gasteiger partial charge on any atom is 0.248 e. The fourth-order valence-electron chi connectivity index (χ4n) is 1.98. The Morgan fingerprint density at radius 1 is 1.21 bits per heavy atom. The number of carbonyl (C=O) groups is 1. The highest BCUT2D eigenvalue weighted by atomic mass is 32.1. The lowest BCUT2D eigenvalue weighted by Gasteiger charge is -1.98. The minimum atomic E-state index is -0.0901. The van der Waals surface area contributed by atoms with Gasteiger partial charge in [-0.15, -0.1) is 10.2 Å². The van der Waals surface area contributed by atoms with Crippen LogP contribution in [0.5, 0.6) is 0 Å². The molecule has 3 aromatic rings. The van der Waals surface area contributed by atoms with Gasteiger partial charge in [0, 0.05) is 29.3 Å². The molecule has 0 unspecified atom stereocenters.